The normalized spacial score (nSPS) is 15.0. The van der Waals surface area contributed by atoms with Crippen molar-refractivity contribution in [2.45, 2.75) is 17.9 Å². The van der Waals surface area contributed by atoms with E-state index in [2.05, 4.69) is 9.62 Å². The highest BCUT2D eigenvalue weighted by Crippen LogP contribution is 2.28. The van der Waals surface area contributed by atoms with Crippen LogP contribution in [0.2, 0.25) is 10.0 Å². The van der Waals surface area contributed by atoms with E-state index < -0.39 is 16.1 Å². The van der Waals surface area contributed by atoms with E-state index in [9.17, 15) is 13.2 Å². The third-order valence-electron chi connectivity index (χ3n) is 6.00. The summed E-state index contributed by atoms with van der Waals surface area (Å²) >= 11 is 12.4. The maximum atomic E-state index is 12.8. The van der Waals surface area contributed by atoms with E-state index in [-0.39, 0.29) is 28.2 Å². The van der Waals surface area contributed by atoms with Gasteiger partial charge in [0.05, 0.1) is 9.92 Å². The second kappa shape index (κ2) is 11.5. The topological polar surface area (TPSA) is 78.9 Å². The van der Waals surface area contributed by atoms with Crippen molar-refractivity contribution in [1.82, 2.24) is 9.62 Å². The van der Waals surface area contributed by atoms with Gasteiger partial charge >= 0.3 is 0 Å². The second-order valence-electron chi connectivity index (χ2n) is 8.48. The van der Waals surface area contributed by atoms with E-state index in [1.165, 1.54) is 18.2 Å². The SMILES string of the molecule is C[C@@H](NS(=O)(=O)c1ccc(OCC(=O)N2CCN(c3cccc(Cl)c3)CC2)c(Cl)c1)c1ccccc1. The van der Waals surface area contributed by atoms with Crippen LogP contribution in [-0.2, 0) is 14.8 Å². The summed E-state index contributed by atoms with van der Waals surface area (Å²) in [4.78, 5) is 16.6. The number of rotatable bonds is 8. The minimum Gasteiger partial charge on any atom is -0.482 e. The summed E-state index contributed by atoms with van der Waals surface area (Å²) in [5.74, 6) is 0.0875. The predicted octanol–water partition coefficient (Wildman–Crippen LogP) is 4.76. The molecule has 7 nitrogen and oxygen atoms in total. The van der Waals surface area contributed by atoms with Crippen molar-refractivity contribution in [3.63, 3.8) is 0 Å². The number of carbonyl (C=O) groups excluding carboxylic acids is 1. The summed E-state index contributed by atoms with van der Waals surface area (Å²) in [5.41, 5.74) is 1.87. The Hall–Kier alpha value is -2.78. The number of benzene rings is 3. The fourth-order valence-corrected chi connectivity index (χ4v) is 5.74. The van der Waals surface area contributed by atoms with Crippen molar-refractivity contribution in [1.29, 1.82) is 0 Å². The van der Waals surface area contributed by atoms with Crippen LogP contribution in [0, 0.1) is 0 Å². The number of amides is 1. The summed E-state index contributed by atoms with van der Waals surface area (Å²) < 4.78 is 33.9. The first kappa shape index (κ1) is 26.3. The lowest BCUT2D eigenvalue weighted by Gasteiger charge is -2.36. The van der Waals surface area contributed by atoms with E-state index in [0.29, 0.717) is 31.2 Å². The zero-order valence-corrected chi connectivity index (χ0v) is 22.1. The molecule has 3 aromatic rings. The molecule has 1 heterocycles. The molecular formula is C26H27Cl2N3O4S. The van der Waals surface area contributed by atoms with Crippen LogP contribution < -0.4 is 14.4 Å². The van der Waals surface area contributed by atoms with Crippen LogP contribution in [0.4, 0.5) is 5.69 Å². The van der Waals surface area contributed by atoms with Gasteiger partial charge in [0.2, 0.25) is 10.0 Å². The van der Waals surface area contributed by atoms with Gasteiger partial charge < -0.3 is 14.5 Å². The van der Waals surface area contributed by atoms with Gasteiger partial charge in [0, 0.05) is 42.9 Å². The molecule has 1 aliphatic heterocycles. The highest BCUT2D eigenvalue weighted by molar-refractivity contribution is 7.89. The second-order valence-corrected chi connectivity index (χ2v) is 11.0. The standard InChI is InChI=1S/C26H27Cl2N3O4S/c1-19(20-6-3-2-4-7-20)29-36(33,34)23-10-11-25(24(28)17-23)35-18-26(32)31-14-12-30(13-15-31)22-9-5-8-21(27)16-22/h2-11,16-17,19,29H,12-15,18H2,1H3/t19-/m1/s1. The maximum absolute atomic E-state index is 12.8. The largest absolute Gasteiger partial charge is 0.482 e. The van der Waals surface area contributed by atoms with Crippen molar-refractivity contribution in [3.05, 3.63) is 88.4 Å². The Morgan fingerprint density at radius 2 is 1.69 bits per heavy atom. The van der Waals surface area contributed by atoms with Crippen molar-refractivity contribution in [2.75, 3.05) is 37.7 Å². The van der Waals surface area contributed by atoms with E-state index in [1.54, 1.807) is 11.8 Å². The zero-order valence-electron chi connectivity index (χ0n) is 19.7. The first-order valence-electron chi connectivity index (χ1n) is 11.5. The van der Waals surface area contributed by atoms with E-state index >= 15 is 0 Å². The molecule has 0 spiro atoms. The fourth-order valence-electron chi connectivity index (χ4n) is 3.99. The monoisotopic (exact) mass is 547 g/mol. The summed E-state index contributed by atoms with van der Waals surface area (Å²) in [6.07, 6.45) is 0. The van der Waals surface area contributed by atoms with Gasteiger partial charge in [0.15, 0.2) is 6.61 Å². The van der Waals surface area contributed by atoms with Crippen molar-refractivity contribution >= 4 is 44.8 Å². The third kappa shape index (κ3) is 6.50. The lowest BCUT2D eigenvalue weighted by atomic mass is 10.1. The van der Waals surface area contributed by atoms with Crippen LogP contribution >= 0.6 is 23.2 Å². The summed E-state index contributed by atoms with van der Waals surface area (Å²) in [7, 11) is -3.80. The number of ether oxygens (including phenoxy) is 1. The molecule has 1 amide bonds. The lowest BCUT2D eigenvalue weighted by molar-refractivity contribution is -0.133. The molecule has 0 saturated carbocycles. The van der Waals surface area contributed by atoms with Gasteiger partial charge in [0.1, 0.15) is 5.75 Å². The van der Waals surface area contributed by atoms with Gasteiger partial charge in [0.25, 0.3) is 5.91 Å². The van der Waals surface area contributed by atoms with Crippen molar-refractivity contribution in [2.24, 2.45) is 0 Å². The Morgan fingerprint density at radius 1 is 0.972 bits per heavy atom. The minimum absolute atomic E-state index is 0.0195. The van der Waals surface area contributed by atoms with Crippen molar-refractivity contribution in [3.8, 4) is 5.75 Å². The minimum atomic E-state index is -3.80. The number of sulfonamides is 1. The Morgan fingerprint density at radius 3 is 2.36 bits per heavy atom. The van der Waals surface area contributed by atoms with Crippen LogP contribution in [0.3, 0.4) is 0 Å². The smallest absolute Gasteiger partial charge is 0.260 e. The number of anilines is 1. The number of nitrogens with one attached hydrogen (secondary N) is 1. The molecule has 10 heteroatoms. The molecule has 1 fully saturated rings. The van der Waals surface area contributed by atoms with Crippen LogP contribution in [0.15, 0.2) is 77.7 Å². The number of nitrogens with zero attached hydrogens (tertiary/aromatic N) is 2. The predicted molar refractivity (Wildman–Crippen MR) is 142 cm³/mol. The van der Waals surface area contributed by atoms with Gasteiger partial charge in [-0.3, -0.25) is 4.79 Å². The van der Waals surface area contributed by atoms with Gasteiger partial charge in [-0.05, 0) is 48.9 Å². The molecule has 0 aromatic heterocycles. The lowest BCUT2D eigenvalue weighted by Crippen LogP contribution is -2.50. The van der Waals surface area contributed by atoms with Crippen LogP contribution in [0.5, 0.6) is 5.75 Å². The molecule has 190 valence electrons. The average molecular weight is 548 g/mol. The Bertz CT molecular complexity index is 1310. The number of hydrogen-bond donors (Lipinski definition) is 1. The summed E-state index contributed by atoms with van der Waals surface area (Å²) in [6, 6.07) is 20.7. The van der Waals surface area contributed by atoms with Crippen LogP contribution in [0.25, 0.3) is 0 Å². The highest BCUT2D eigenvalue weighted by atomic mass is 35.5. The summed E-state index contributed by atoms with van der Waals surface area (Å²) in [5, 5.41) is 0.792. The van der Waals surface area contributed by atoms with Crippen LogP contribution in [-0.4, -0.2) is 52.0 Å². The van der Waals surface area contributed by atoms with Gasteiger partial charge in [-0.2, -0.15) is 0 Å². The molecule has 1 saturated heterocycles. The molecule has 3 aromatic carbocycles. The number of carbonyl (C=O) groups is 1. The Kier molecular flexibility index (Phi) is 8.41. The Balaban J connectivity index is 1.31. The van der Waals surface area contributed by atoms with Gasteiger partial charge in [-0.1, -0.05) is 59.6 Å². The molecule has 4 rings (SSSR count). The molecule has 1 aliphatic rings. The number of piperazine rings is 1. The van der Waals surface area contributed by atoms with Crippen LogP contribution in [0.1, 0.15) is 18.5 Å². The molecular weight excluding hydrogens is 521 g/mol. The Labute approximate surface area is 221 Å². The molecule has 0 bridgehead atoms. The molecule has 1 atom stereocenters. The first-order valence-corrected chi connectivity index (χ1v) is 13.7. The molecule has 0 radical (unpaired) electrons. The van der Waals surface area contributed by atoms with Crippen molar-refractivity contribution < 1.29 is 17.9 Å². The molecule has 0 aliphatic carbocycles. The molecule has 36 heavy (non-hydrogen) atoms. The van der Waals surface area contributed by atoms with E-state index in [0.717, 1.165) is 11.3 Å². The van der Waals surface area contributed by atoms with E-state index in [1.807, 2.05) is 54.6 Å². The first-order chi connectivity index (χ1) is 17.2. The van der Waals surface area contributed by atoms with Gasteiger partial charge in [-0.15, -0.1) is 0 Å². The number of halogens is 2. The number of hydrogen-bond acceptors (Lipinski definition) is 5. The quantitative estimate of drug-likeness (QED) is 0.439. The average Bonchev–Trinajstić information content (AvgIpc) is 2.88. The molecule has 0 unspecified atom stereocenters. The fraction of sp³-hybridized carbons (Fsp3) is 0.269. The maximum Gasteiger partial charge on any atom is 0.260 e. The highest BCUT2D eigenvalue weighted by Gasteiger charge is 2.23. The van der Waals surface area contributed by atoms with Gasteiger partial charge in [-0.25, -0.2) is 13.1 Å². The zero-order chi connectivity index (χ0) is 25.7. The van der Waals surface area contributed by atoms with E-state index in [4.69, 9.17) is 27.9 Å². The molecule has 1 N–H and O–H groups in total. The summed E-state index contributed by atoms with van der Waals surface area (Å²) in [6.45, 7) is 4.08. The third-order valence-corrected chi connectivity index (χ3v) is 8.07.